The Kier molecular flexibility index (Phi) is 7.86. The molecule has 0 saturated heterocycles. The number of aryl methyl sites for hydroxylation is 2. The van der Waals surface area contributed by atoms with Crippen LogP contribution in [-0.4, -0.2) is 10.5 Å². The van der Waals surface area contributed by atoms with Crippen LogP contribution in [0.4, 0.5) is 0 Å². The molecule has 0 fully saturated rings. The fourth-order valence-corrected chi connectivity index (χ4v) is 2.20. The largest absolute Gasteiger partial charge is 0.281 e. The Bertz CT molecular complexity index is 594. The molecule has 0 aromatic heterocycles. The molecule has 116 valence electrons. The monoisotopic (exact) mass is 336 g/mol. The Morgan fingerprint density at radius 2 is 1.05 bits per heavy atom. The van der Waals surface area contributed by atoms with Gasteiger partial charge in [0, 0.05) is 12.8 Å². The summed E-state index contributed by atoms with van der Waals surface area (Å²) in [5.41, 5.74) is 4.24. The molecule has 0 aliphatic carbocycles. The molecule has 0 saturated carbocycles. The van der Waals surface area contributed by atoms with Crippen molar-refractivity contribution in [2.75, 3.05) is 0 Å². The second-order valence-electron chi connectivity index (χ2n) is 4.92. The Morgan fingerprint density at radius 3 is 1.32 bits per heavy atom. The van der Waals surface area contributed by atoms with Crippen LogP contribution in [-0.2, 0) is 22.4 Å². The van der Waals surface area contributed by atoms with Gasteiger partial charge in [0.1, 0.15) is 0 Å². The number of benzene rings is 2. The smallest absolute Gasteiger partial charge is 0.226 e. The lowest BCUT2D eigenvalue weighted by molar-refractivity contribution is -0.111. The van der Waals surface area contributed by atoms with Crippen LogP contribution in [0.5, 0.6) is 0 Å². The Balaban J connectivity index is 0.000000220. The Labute approximate surface area is 141 Å². The SMILES string of the molecule is Cc1ccccc1CC(=O)Cl.Cc1ccccc1CC(=O)Cl. The normalized spacial score (nSPS) is 9.64. The lowest BCUT2D eigenvalue weighted by atomic mass is 10.1. The maximum Gasteiger partial charge on any atom is 0.226 e. The van der Waals surface area contributed by atoms with Crippen molar-refractivity contribution in [1.29, 1.82) is 0 Å². The summed E-state index contributed by atoms with van der Waals surface area (Å²) in [5.74, 6) is 0. The van der Waals surface area contributed by atoms with Crippen LogP contribution >= 0.6 is 23.2 Å². The van der Waals surface area contributed by atoms with Gasteiger partial charge >= 0.3 is 0 Å². The first-order chi connectivity index (χ1) is 10.4. The molecule has 0 heterocycles. The minimum atomic E-state index is -0.306. The van der Waals surface area contributed by atoms with E-state index in [2.05, 4.69) is 0 Å². The van der Waals surface area contributed by atoms with Gasteiger partial charge in [-0.25, -0.2) is 0 Å². The van der Waals surface area contributed by atoms with E-state index in [1.807, 2.05) is 62.4 Å². The molecule has 0 aliphatic heterocycles. The fraction of sp³-hybridized carbons (Fsp3) is 0.222. The van der Waals surface area contributed by atoms with Crippen molar-refractivity contribution in [2.24, 2.45) is 0 Å². The Hall–Kier alpha value is -1.64. The average Bonchev–Trinajstić information content (AvgIpc) is 2.44. The molecule has 0 amide bonds. The highest BCUT2D eigenvalue weighted by Crippen LogP contribution is 2.09. The van der Waals surface area contributed by atoms with Gasteiger partial charge in [0.05, 0.1) is 0 Å². The average molecular weight is 337 g/mol. The molecular formula is C18H18Cl2O2. The van der Waals surface area contributed by atoms with E-state index in [1.165, 1.54) is 0 Å². The number of rotatable bonds is 4. The summed E-state index contributed by atoms with van der Waals surface area (Å²) in [6.45, 7) is 3.93. The van der Waals surface area contributed by atoms with Gasteiger partial charge in [0.25, 0.3) is 0 Å². The van der Waals surface area contributed by atoms with Gasteiger partial charge in [-0.15, -0.1) is 0 Å². The van der Waals surface area contributed by atoms with Gasteiger partial charge in [-0.1, -0.05) is 48.5 Å². The van der Waals surface area contributed by atoms with Crippen LogP contribution in [0.15, 0.2) is 48.5 Å². The summed E-state index contributed by atoms with van der Waals surface area (Å²) in [4.78, 5) is 21.1. The quantitative estimate of drug-likeness (QED) is 0.764. The minimum absolute atomic E-state index is 0.306. The molecule has 0 aliphatic rings. The van der Waals surface area contributed by atoms with E-state index in [0.717, 1.165) is 22.3 Å². The molecule has 0 radical (unpaired) electrons. The molecule has 2 nitrogen and oxygen atoms in total. The van der Waals surface area contributed by atoms with Gasteiger partial charge in [-0.3, -0.25) is 9.59 Å². The lowest BCUT2D eigenvalue weighted by Gasteiger charge is -1.99. The molecule has 2 rings (SSSR count). The number of carbonyl (C=O) groups excluding carboxylic acids is 2. The second kappa shape index (κ2) is 9.39. The zero-order valence-corrected chi connectivity index (χ0v) is 14.1. The summed E-state index contributed by atoms with van der Waals surface area (Å²) in [5, 5.41) is -0.612. The molecule has 22 heavy (non-hydrogen) atoms. The molecule has 0 bridgehead atoms. The summed E-state index contributed by atoms with van der Waals surface area (Å²) in [7, 11) is 0. The van der Waals surface area contributed by atoms with Gasteiger partial charge in [0.2, 0.25) is 10.5 Å². The molecule has 0 N–H and O–H groups in total. The van der Waals surface area contributed by atoms with Crippen LogP contribution in [0.1, 0.15) is 22.3 Å². The van der Waals surface area contributed by atoms with E-state index >= 15 is 0 Å². The van der Waals surface area contributed by atoms with Crippen LogP contribution in [0.2, 0.25) is 0 Å². The third kappa shape index (κ3) is 6.88. The lowest BCUT2D eigenvalue weighted by Crippen LogP contribution is -1.95. The van der Waals surface area contributed by atoms with Gasteiger partial charge in [-0.2, -0.15) is 0 Å². The van der Waals surface area contributed by atoms with E-state index in [4.69, 9.17) is 23.2 Å². The molecule has 0 atom stereocenters. The standard InChI is InChI=1S/2C9H9ClO/c2*1-7-4-2-3-5-8(7)6-9(10)11/h2*2-5H,6H2,1H3. The van der Waals surface area contributed by atoms with Crippen LogP contribution in [0.25, 0.3) is 0 Å². The number of hydrogen-bond acceptors (Lipinski definition) is 2. The summed E-state index contributed by atoms with van der Waals surface area (Å²) >= 11 is 10.5. The molecule has 2 aromatic rings. The fourth-order valence-electron chi connectivity index (χ4n) is 1.92. The first-order valence-electron chi connectivity index (χ1n) is 6.86. The predicted octanol–water partition coefficient (Wildman–Crippen LogP) is 4.61. The minimum Gasteiger partial charge on any atom is -0.281 e. The highest BCUT2D eigenvalue weighted by molar-refractivity contribution is 6.64. The summed E-state index contributed by atoms with van der Waals surface area (Å²) < 4.78 is 0. The van der Waals surface area contributed by atoms with Gasteiger partial charge in [-0.05, 0) is 59.3 Å². The number of carbonyl (C=O) groups is 2. The van der Waals surface area contributed by atoms with E-state index in [1.54, 1.807) is 0 Å². The molecule has 2 aromatic carbocycles. The number of halogens is 2. The second-order valence-corrected chi connectivity index (χ2v) is 5.76. The maximum atomic E-state index is 10.5. The van der Waals surface area contributed by atoms with Crippen molar-refractivity contribution in [3.8, 4) is 0 Å². The third-order valence-corrected chi connectivity index (χ3v) is 3.45. The number of hydrogen-bond donors (Lipinski definition) is 0. The van der Waals surface area contributed by atoms with E-state index in [9.17, 15) is 9.59 Å². The van der Waals surface area contributed by atoms with Crippen LogP contribution < -0.4 is 0 Å². The van der Waals surface area contributed by atoms with Gasteiger partial charge in [0.15, 0.2) is 0 Å². The van der Waals surface area contributed by atoms with E-state index < -0.39 is 0 Å². The van der Waals surface area contributed by atoms with Crippen molar-refractivity contribution in [3.63, 3.8) is 0 Å². The highest BCUT2D eigenvalue weighted by Gasteiger charge is 2.01. The summed E-state index contributed by atoms with van der Waals surface area (Å²) in [6, 6.07) is 15.5. The molecule has 4 heteroatoms. The molecule has 0 unspecified atom stereocenters. The van der Waals surface area contributed by atoms with E-state index in [0.29, 0.717) is 12.8 Å². The molecule has 0 spiro atoms. The Morgan fingerprint density at radius 1 is 0.727 bits per heavy atom. The van der Waals surface area contributed by atoms with Crippen LogP contribution in [0, 0.1) is 13.8 Å². The topological polar surface area (TPSA) is 34.1 Å². The van der Waals surface area contributed by atoms with Crippen LogP contribution in [0.3, 0.4) is 0 Å². The van der Waals surface area contributed by atoms with Crippen molar-refractivity contribution >= 4 is 33.7 Å². The van der Waals surface area contributed by atoms with Crippen molar-refractivity contribution in [2.45, 2.75) is 26.7 Å². The zero-order chi connectivity index (χ0) is 16.5. The van der Waals surface area contributed by atoms with E-state index in [-0.39, 0.29) is 10.5 Å². The maximum absolute atomic E-state index is 10.5. The van der Waals surface area contributed by atoms with Crippen molar-refractivity contribution in [1.82, 2.24) is 0 Å². The molecular weight excluding hydrogens is 319 g/mol. The summed E-state index contributed by atoms with van der Waals surface area (Å²) in [6.07, 6.45) is 0.655. The first-order valence-corrected chi connectivity index (χ1v) is 7.61. The third-order valence-electron chi connectivity index (χ3n) is 3.18. The zero-order valence-electron chi connectivity index (χ0n) is 12.6. The first kappa shape index (κ1) is 18.4. The van der Waals surface area contributed by atoms with Crippen molar-refractivity contribution in [3.05, 3.63) is 70.8 Å². The highest BCUT2D eigenvalue weighted by atomic mass is 35.5. The van der Waals surface area contributed by atoms with Gasteiger partial charge < -0.3 is 0 Å². The van der Waals surface area contributed by atoms with Crippen molar-refractivity contribution < 1.29 is 9.59 Å². The predicted molar refractivity (Wildman–Crippen MR) is 91.5 cm³/mol.